The predicted molar refractivity (Wildman–Crippen MR) is 76.1 cm³/mol. The van der Waals surface area contributed by atoms with E-state index in [4.69, 9.17) is 0 Å². The minimum Gasteiger partial charge on any atom is -0.0683 e. The van der Waals surface area contributed by atoms with Crippen molar-refractivity contribution in [2.45, 2.75) is 41.5 Å². The van der Waals surface area contributed by atoms with E-state index in [0.29, 0.717) is 0 Å². The Morgan fingerprint density at radius 2 is 1.38 bits per heavy atom. The quantitative estimate of drug-likeness (QED) is 0.544. The molecule has 0 atom stereocenters. The van der Waals surface area contributed by atoms with Crippen molar-refractivity contribution >= 4 is 10.8 Å². The highest BCUT2D eigenvalue weighted by atomic mass is 14.0. The van der Waals surface area contributed by atoms with Gasteiger partial charge < -0.3 is 0 Å². The van der Waals surface area contributed by atoms with Gasteiger partial charge in [0.2, 0.25) is 0 Å². The zero-order valence-electron chi connectivity index (χ0n) is 11.5. The van der Waals surface area contributed by atoms with Crippen molar-refractivity contribution in [3.8, 4) is 0 Å². The van der Waals surface area contributed by atoms with Crippen LogP contribution in [0, 0.1) is 13.8 Å². The van der Waals surface area contributed by atoms with Crippen LogP contribution in [-0.2, 0) is 0 Å². The fourth-order valence-corrected chi connectivity index (χ4v) is 1.54. The third-order valence-corrected chi connectivity index (χ3v) is 2.26. The second-order valence-electron chi connectivity index (χ2n) is 3.30. The van der Waals surface area contributed by atoms with Crippen LogP contribution in [0.3, 0.4) is 0 Å². The lowest BCUT2D eigenvalue weighted by Crippen LogP contribution is -1.78. The lowest BCUT2D eigenvalue weighted by Gasteiger charge is -2.01. The van der Waals surface area contributed by atoms with Crippen LogP contribution in [0.2, 0.25) is 0 Å². The third-order valence-electron chi connectivity index (χ3n) is 2.26. The topological polar surface area (TPSA) is 0 Å². The molecular formula is C16H24. The van der Waals surface area contributed by atoms with Crippen LogP contribution in [-0.4, -0.2) is 0 Å². The van der Waals surface area contributed by atoms with Gasteiger partial charge in [-0.1, -0.05) is 69.7 Å². The third kappa shape index (κ3) is 3.69. The molecule has 0 fully saturated rings. The number of hydrogen-bond acceptors (Lipinski definition) is 0. The summed E-state index contributed by atoms with van der Waals surface area (Å²) < 4.78 is 0. The average Bonchev–Trinajstić information content (AvgIpc) is 2.35. The molecule has 0 aliphatic heterocycles. The Morgan fingerprint density at radius 1 is 0.750 bits per heavy atom. The average molecular weight is 216 g/mol. The van der Waals surface area contributed by atoms with Gasteiger partial charge in [0.05, 0.1) is 0 Å². The zero-order valence-corrected chi connectivity index (χ0v) is 11.5. The van der Waals surface area contributed by atoms with Crippen LogP contribution in [0.25, 0.3) is 10.8 Å². The Bertz CT molecular complexity index is 413. The maximum atomic E-state index is 2.24. The van der Waals surface area contributed by atoms with Crippen molar-refractivity contribution in [2.75, 3.05) is 0 Å². The fraction of sp³-hybridized carbons (Fsp3) is 0.375. The Hall–Kier alpha value is -1.30. The van der Waals surface area contributed by atoms with E-state index in [1.54, 1.807) is 0 Å². The van der Waals surface area contributed by atoms with Crippen molar-refractivity contribution < 1.29 is 0 Å². The molecule has 0 radical (unpaired) electrons. The summed E-state index contributed by atoms with van der Waals surface area (Å²) in [5, 5.41) is 2.71. The van der Waals surface area contributed by atoms with Gasteiger partial charge >= 0.3 is 0 Å². The largest absolute Gasteiger partial charge is 0.0683 e. The molecule has 16 heavy (non-hydrogen) atoms. The molecule has 0 amide bonds. The number of fused-ring (bicyclic) bond motifs is 1. The summed E-state index contributed by atoms with van der Waals surface area (Å²) in [6.45, 7) is 12.3. The number of hydrogen-bond donors (Lipinski definition) is 0. The Kier molecular flexibility index (Phi) is 7.28. The van der Waals surface area contributed by atoms with Crippen molar-refractivity contribution in [1.82, 2.24) is 0 Å². The molecule has 0 aliphatic rings. The van der Waals surface area contributed by atoms with Crippen LogP contribution in [0.5, 0.6) is 0 Å². The van der Waals surface area contributed by atoms with Gasteiger partial charge in [-0.15, -0.1) is 0 Å². The molecule has 2 aromatic rings. The zero-order chi connectivity index (χ0) is 12.6. The summed E-state index contributed by atoms with van der Waals surface area (Å²) in [5.74, 6) is 0. The molecule has 0 aromatic heterocycles. The van der Waals surface area contributed by atoms with Gasteiger partial charge in [-0.05, 0) is 30.2 Å². The molecule has 0 nitrogen and oxygen atoms in total. The van der Waals surface area contributed by atoms with Crippen molar-refractivity contribution in [1.29, 1.82) is 0 Å². The molecule has 0 spiro atoms. The van der Waals surface area contributed by atoms with Crippen LogP contribution >= 0.6 is 0 Å². The standard InChI is InChI=1S/C12H12.2C2H6/c1-9-6-7-11-5-3-4-10(2)12(11)8-9;2*1-2/h3-8H,1-2H3;2*1-2H3. The SMILES string of the molecule is CC.CC.Cc1ccc2cccc(C)c2c1. The maximum absolute atomic E-state index is 2.24. The van der Waals surface area contributed by atoms with E-state index in [1.165, 1.54) is 21.9 Å². The van der Waals surface area contributed by atoms with Crippen LogP contribution in [0.4, 0.5) is 0 Å². The van der Waals surface area contributed by atoms with Gasteiger partial charge in [-0.3, -0.25) is 0 Å². The van der Waals surface area contributed by atoms with E-state index >= 15 is 0 Å². The molecule has 0 aliphatic carbocycles. The molecule has 0 unspecified atom stereocenters. The van der Waals surface area contributed by atoms with Gasteiger partial charge in [0, 0.05) is 0 Å². The highest BCUT2D eigenvalue weighted by molar-refractivity contribution is 5.86. The summed E-state index contributed by atoms with van der Waals surface area (Å²) in [5.41, 5.74) is 2.69. The first kappa shape index (κ1) is 14.7. The monoisotopic (exact) mass is 216 g/mol. The van der Waals surface area contributed by atoms with Crippen molar-refractivity contribution in [3.63, 3.8) is 0 Å². The van der Waals surface area contributed by atoms with Gasteiger partial charge in [0.25, 0.3) is 0 Å². The number of benzene rings is 2. The van der Waals surface area contributed by atoms with Crippen LogP contribution < -0.4 is 0 Å². The first-order valence-corrected chi connectivity index (χ1v) is 6.23. The van der Waals surface area contributed by atoms with E-state index in [0.717, 1.165) is 0 Å². The summed E-state index contributed by atoms with van der Waals surface area (Å²) in [6, 6.07) is 13.0. The lowest BCUT2D eigenvalue weighted by molar-refractivity contribution is 1.47. The van der Waals surface area contributed by atoms with E-state index in [-0.39, 0.29) is 0 Å². The van der Waals surface area contributed by atoms with Crippen LogP contribution in [0.1, 0.15) is 38.8 Å². The highest BCUT2D eigenvalue weighted by Crippen LogP contribution is 2.18. The van der Waals surface area contributed by atoms with Gasteiger partial charge in [0.15, 0.2) is 0 Å². The molecule has 0 saturated carbocycles. The summed E-state index contributed by atoms with van der Waals surface area (Å²) in [4.78, 5) is 0. The smallest absolute Gasteiger partial charge is 0.0152 e. The summed E-state index contributed by atoms with van der Waals surface area (Å²) in [6.07, 6.45) is 0. The summed E-state index contributed by atoms with van der Waals surface area (Å²) >= 11 is 0. The molecule has 88 valence electrons. The maximum Gasteiger partial charge on any atom is -0.0152 e. The first-order valence-electron chi connectivity index (χ1n) is 6.23. The minimum atomic E-state index is 1.33. The Labute approximate surface area is 100 Å². The first-order chi connectivity index (χ1) is 7.77. The number of aryl methyl sites for hydroxylation is 2. The minimum absolute atomic E-state index is 1.33. The predicted octanol–water partition coefficient (Wildman–Crippen LogP) is 5.51. The Balaban J connectivity index is 0.000000509. The van der Waals surface area contributed by atoms with Crippen molar-refractivity contribution in [3.05, 3.63) is 47.5 Å². The van der Waals surface area contributed by atoms with Gasteiger partial charge in [-0.2, -0.15) is 0 Å². The second kappa shape index (κ2) is 7.92. The molecule has 0 heterocycles. The van der Waals surface area contributed by atoms with E-state index in [2.05, 4.69) is 50.2 Å². The molecule has 2 aromatic carbocycles. The molecule has 0 saturated heterocycles. The molecule has 0 bridgehead atoms. The normalized spacial score (nSPS) is 8.62. The van der Waals surface area contributed by atoms with E-state index in [9.17, 15) is 0 Å². The molecule has 0 N–H and O–H groups in total. The van der Waals surface area contributed by atoms with Gasteiger partial charge in [-0.25, -0.2) is 0 Å². The molecule has 0 heteroatoms. The second-order valence-corrected chi connectivity index (χ2v) is 3.30. The fourth-order valence-electron chi connectivity index (χ4n) is 1.54. The molecular weight excluding hydrogens is 192 g/mol. The summed E-state index contributed by atoms with van der Waals surface area (Å²) in [7, 11) is 0. The van der Waals surface area contributed by atoms with Gasteiger partial charge in [0.1, 0.15) is 0 Å². The van der Waals surface area contributed by atoms with E-state index in [1.807, 2.05) is 27.7 Å². The van der Waals surface area contributed by atoms with Crippen LogP contribution in [0.15, 0.2) is 36.4 Å². The Morgan fingerprint density at radius 3 is 2.00 bits per heavy atom. The lowest BCUT2D eigenvalue weighted by atomic mass is 10.0. The van der Waals surface area contributed by atoms with E-state index < -0.39 is 0 Å². The molecule has 2 rings (SSSR count). The van der Waals surface area contributed by atoms with Crippen molar-refractivity contribution in [2.24, 2.45) is 0 Å². The number of rotatable bonds is 0. The highest BCUT2D eigenvalue weighted by Gasteiger charge is 1.95.